The van der Waals surface area contributed by atoms with Crippen LogP contribution in [-0.4, -0.2) is 57.4 Å². The van der Waals surface area contributed by atoms with Crippen molar-refractivity contribution in [2.45, 2.75) is 38.3 Å². The summed E-state index contributed by atoms with van der Waals surface area (Å²) in [5.74, 6) is 5.88. The highest BCUT2D eigenvalue weighted by atomic mass is 16.5. The third-order valence-electron chi connectivity index (χ3n) is 5.40. The topological polar surface area (TPSA) is 99.9 Å². The standard InChI is InChI=1S/C26H28N4O4/c1-26(2,33)13-11-18-9-10-23-22(15-18)29(3)25(32)21(17-34-23)27-24(31)20-12-14-30(28-20)16-19-7-5-4-6-8-19/h4-10,12,14-15,21,25,32-33H,16-17H2,1-3H3,(H,27,31). The Kier molecular flexibility index (Phi) is 6.59. The fourth-order valence-corrected chi connectivity index (χ4v) is 3.60. The Balaban J connectivity index is 1.45. The van der Waals surface area contributed by atoms with Crippen molar-refractivity contribution in [3.63, 3.8) is 0 Å². The van der Waals surface area contributed by atoms with Crippen LogP contribution in [0.5, 0.6) is 5.75 Å². The summed E-state index contributed by atoms with van der Waals surface area (Å²) in [4.78, 5) is 14.5. The normalized spacial score (nSPS) is 17.6. The number of nitrogens with one attached hydrogen (secondary N) is 1. The highest BCUT2D eigenvalue weighted by Crippen LogP contribution is 2.32. The second kappa shape index (κ2) is 9.59. The van der Waals surface area contributed by atoms with Crippen LogP contribution in [0.4, 0.5) is 5.69 Å². The summed E-state index contributed by atoms with van der Waals surface area (Å²) in [6.45, 7) is 3.87. The van der Waals surface area contributed by atoms with E-state index in [-0.39, 0.29) is 12.3 Å². The van der Waals surface area contributed by atoms with Crippen LogP contribution in [0.15, 0.2) is 60.8 Å². The van der Waals surface area contributed by atoms with E-state index in [0.29, 0.717) is 23.5 Å². The molecule has 3 aromatic rings. The third kappa shape index (κ3) is 5.57. The molecule has 4 rings (SSSR count). The van der Waals surface area contributed by atoms with Gasteiger partial charge >= 0.3 is 0 Å². The van der Waals surface area contributed by atoms with Gasteiger partial charge in [-0.05, 0) is 43.7 Å². The number of benzene rings is 2. The number of amides is 1. The Morgan fingerprint density at radius 2 is 2.00 bits per heavy atom. The quantitative estimate of drug-likeness (QED) is 0.515. The van der Waals surface area contributed by atoms with E-state index >= 15 is 0 Å². The first-order chi connectivity index (χ1) is 16.2. The zero-order valence-corrected chi connectivity index (χ0v) is 19.4. The summed E-state index contributed by atoms with van der Waals surface area (Å²) in [7, 11) is 1.72. The average molecular weight is 461 g/mol. The predicted octanol–water partition coefficient (Wildman–Crippen LogP) is 2.00. The van der Waals surface area contributed by atoms with Crippen LogP contribution in [0.2, 0.25) is 0 Å². The molecule has 2 atom stereocenters. The smallest absolute Gasteiger partial charge is 0.272 e. The van der Waals surface area contributed by atoms with Crippen LogP contribution in [0, 0.1) is 11.8 Å². The number of carbonyl (C=O) groups is 1. The van der Waals surface area contributed by atoms with Crippen LogP contribution in [0.1, 0.15) is 35.5 Å². The van der Waals surface area contributed by atoms with E-state index in [1.807, 2.05) is 30.3 Å². The number of hydrogen-bond donors (Lipinski definition) is 3. The number of aliphatic hydroxyl groups is 2. The molecule has 1 aliphatic rings. The summed E-state index contributed by atoms with van der Waals surface area (Å²) in [6, 6.07) is 16.2. The predicted molar refractivity (Wildman–Crippen MR) is 129 cm³/mol. The van der Waals surface area contributed by atoms with E-state index in [4.69, 9.17) is 4.74 Å². The Morgan fingerprint density at radius 1 is 1.24 bits per heavy atom. The average Bonchev–Trinajstić information content (AvgIpc) is 3.24. The molecule has 2 aromatic carbocycles. The Hall–Kier alpha value is -3.80. The van der Waals surface area contributed by atoms with Crippen molar-refractivity contribution in [2.24, 2.45) is 0 Å². The molecule has 0 saturated heterocycles. The molecule has 176 valence electrons. The molecule has 8 nitrogen and oxygen atoms in total. The molecular weight excluding hydrogens is 432 g/mol. The minimum Gasteiger partial charge on any atom is -0.489 e. The minimum atomic E-state index is -1.11. The molecule has 0 fully saturated rings. The molecule has 1 amide bonds. The Bertz CT molecular complexity index is 1220. The van der Waals surface area contributed by atoms with E-state index in [2.05, 4.69) is 22.3 Å². The number of nitrogens with zero attached hydrogens (tertiary/aromatic N) is 3. The number of anilines is 1. The molecule has 34 heavy (non-hydrogen) atoms. The highest BCUT2D eigenvalue weighted by molar-refractivity contribution is 5.92. The molecule has 0 radical (unpaired) electrons. The summed E-state index contributed by atoms with van der Waals surface area (Å²) in [6.07, 6.45) is 0.717. The molecule has 1 aromatic heterocycles. The molecule has 8 heteroatoms. The maximum absolute atomic E-state index is 12.8. The van der Waals surface area contributed by atoms with E-state index in [1.165, 1.54) is 0 Å². The van der Waals surface area contributed by atoms with Crippen LogP contribution in [-0.2, 0) is 6.54 Å². The lowest BCUT2D eigenvalue weighted by atomic mass is 10.1. The summed E-state index contributed by atoms with van der Waals surface area (Å²) in [5.41, 5.74) is 1.54. The molecule has 0 bridgehead atoms. The first kappa shape index (κ1) is 23.4. The maximum atomic E-state index is 12.8. The van der Waals surface area contributed by atoms with Gasteiger partial charge in [0.05, 0.1) is 12.2 Å². The van der Waals surface area contributed by atoms with Crippen molar-refractivity contribution in [1.29, 1.82) is 0 Å². The van der Waals surface area contributed by atoms with Gasteiger partial charge in [0.1, 0.15) is 29.7 Å². The number of rotatable bonds is 4. The van der Waals surface area contributed by atoms with E-state index in [1.54, 1.807) is 60.9 Å². The molecule has 1 aliphatic heterocycles. The molecular formula is C26H28N4O4. The second-order valence-corrected chi connectivity index (χ2v) is 8.79. The zero-order chi connectivity index (χ0) is 24.3. The van der Waals surface area contributed by atoms with Gasteiger partial charge in [0.25, 0.3) is 5.91 Å². The Morgan fingerprint density at radius 3 is 2.74 bits per heavy atom. The van der Waals surface area contributed by atoms with Crippen molar-refractivity contribution in [1.82, 2.24) is 15.1 Å². The SMILES string of the molecule is CN1c2cc(C#CC(C)(C)O)ccc2OCC(NC(=O)c2ccn(Cc3ccccc3)n2)C1O. The van der Waals surface area contributed by atoms with Crippen LogP contribution >= 0.6 is 0 Å². The lowest BCUT2D eigenvalue weighted by Gasteiger charge is -2.29. The number of ether oxygens (including phenoxy) is 1. The van der Waals surface area contributed by atoms with Crippen LogP contribution < -0.4 is 15.0 Å². The number of aromatic nitrogens is 2. The second-order valence-electron chi connectivity index (χ2n) is 8.79. The molecule has 0 saturated carbocycles. The number of carbonyl (C=O) groups excluding carboxylic acids is 1. The summed E-state index contributed by atoms with van der Waals surface area (Å²) >= 11 is 0. The van der Waals surface area contributed by atoms with E-state index in [9.17, 15) is 15.0 Å². The van der Waals surface area contributed by atoms with Gasteiger partial charge in [-0.3, -0.25) is 9.48 Å². The summed E-state index contributed by atoms with van der Waals surface area (Å²) in [5, 5.41) is 28.0. The van der Waals surface area contributed by atoms with Gasteiger partial charge < -0.3 is 25.2 Å². The summed E-state index contributed by atoms with van der Waals surface area (Å²) < 4.78 is 7.58. The van der Waals surface area contributed by atoms with Gasteiger partial charge in [0.2, 0.25) is 0 Å². The highest BCUT2D eigenvalue weighted by Gasteiger charge is 2.31. The molecule has 2 unspecified atom stereocenters. The van der Waals surface area contributed by atoms with Gasteiger partial charge in [-0.1, -0.05) is 42.2 Å². The van der Waals surface area contributed by atoms with Gasteiger partial charge in [0.15, 0.2) is 6.23 Å². The molecule has 3 N–H and O–H groups in total. The minimum absolute atomic E-state index is 0.0870. The van der Waals surface area contributed by atoms with Crippen molar-refractivity contribution in [2.75, 3.05) is 18.6 Å². The number of aliphatic hydroxyl groups excluding tert-OH is 1. The molecule has 0 spiro atoms. The fourth-order valence-electron chi connectivity index (χ4n) is 3.60. The monoisotopic (exact) mass is 460 g/mol. The van der Waals surface area contributed by atoms with Crippen molar-refractivity contribution < 1.29 is 19.7 Å². The van der Waals surface area contributed by atoms with Gasteiger partial charge in [0, 0.05) is 18.8 Å². The van der Waals surface area contributed by atoms with Gasteiger partial charge in [-0.15, -0.1) is 0 Å². The number of likely N-dealkylation sites (N-methyl/N-ethyl adjacent to an activating group) is 1. The Labute approximate surface area is 198 Å². The van der Waals surface area contributed by atoms with Crippen molar-refractivity contribution >= 4 is 11.6 Å². The van der Waals surface area contributed by atoms with Gasteiger partial charge in [-0.2, -0.15) is 5.10 Å². The van der Waals surface area contributed by atoms with Crippen LogP contribution in [0.25, 0.3) is 0 Å². The molecule has 2 heterocycles. The first-order valence-corrected chi connectivity index (χ1v) is 11.0. The number of hydrogen-bond acceptors (Lipinski definition) is 6. The van der Waals surface area contributed by atoms with E-state index < -0.39 is 23.8 Å². The van der Waals surface area contributed by atoms with E-state index in [0.717, 1.165) is 5.56 Å². The number of fused-ring (bicyclic) bond motifs is 1. The lowest BCUT2D eigenvalue weighted by Crippen LogP contribution is -2.52. The van der Waals surface area contributed by atoms with Gasteiger partial charge in [-0.25, -0.2) is 0 Å². The fraction of sp³-hybridized carbons (Fsp3) is 0.308. The van der Waals surface area contributed by atoms with Crippen molar-refractivity contribution in [3.05, 3.63) is 77.6 Å². The largest absolute Gasteiger partial charge is 0.489 e. The first-order valence-electron chi connectivity index (χ1n) is 11.0. The van der Waals surface area contributed by atoms with Crippen LogP contribution in [0.3, 0.4) is 0 Å². The third-order valence-corrected chi connectivity index (χ3v) is 5.40. The van der Waals surface area contributed by atoms with Crippen molar-refractivity contribution in [3.8, 4) is 17.6 Å². The lowest BCUT2D eigenvalue weighted by molar-refractivity contribution is 0.0766. The maximum Gasteiger partial charge on any atom is 0.272 e. The zero-order valence-electron chi connectivity index (χ0n) is 19.4. The molecule has 0 aliphatic carbocycles.